The molecular formula is C20H15F3N4O2S3. The molecule has 6 nitrogen and oxygen atoms in total. The lowest BCUT2D eigenvalue weighted by atomic mass is 10.1. The van der Waals surface area contributed by atoms with E-state index in [-0.39, 0.29) is 5.82 Å². The fourth-order valence-corrected chi connectivity index (χ4v) is 5.36. The van der Waals surface area contributed by atoms with Crippen LogP contribution in [0.5, 0.6) is 5.75 Å². The van der Waals surface area contributed by atoms with E-state index < -0.39 is 11.7 Å². The molecule has 0 atom stereocenters. The Morgan fingerprint density at radius 2 is 1.59 bits per heavy atom. The number of hydrogen-bond donors (Lipinski definition) is 0. The van der Waals surface area contributed by atoms with Crippen molar-refractivity contribution in [2.24, 2.45) is 0 Å². The summed E-state index contributed by atoms with van der Waals surface area (Å²) in [7, 11) is 1.63. The lowest BCUT2D eigenvalue weighted by Crippen LogP contribution is -2.04. The Kier molecular flexibility index (Phi) is 7.01. The molecule has 0 saturated carbocycles. The lowest BCUT2D eigenvalue weighted by Gasteiger charge is -2.05. The summed E-state index contributed by atoms with van der Waals surface area (Å²) in [4.78, 5) is 4.25. The summed E-state index contributed by atoms with van der Waals surface area (Å²) in [6.45, 7) is 0. The highest BCUT2D eigenvalue weighted by atomic mass is 32.2. The smallest absolute Gasteiger partial charge is 0.416 e. The van der Waals surface area contributed by atoms with Crippen LogP contribution in [0.4, 0.5) is 13.2 Å². The Labute approximate surface area is 193 Å². The third kappa shape index (κ3) is 5.81. The van der Waals surface area contributed by atoms with Gasteiger partial charge in [0.25, 0.3) is 0 Å². The standard InChI is InChI=1S/C20H15F3N4O2S3/c1-28-15-8-2-12(3-9-15)10-30-18-25-26-19(32-18)31-11-16-24-17(27-29-16)13-4-6-14(7-5-13)20(21,22)23/h2-9H,10-11H2,1H3. The number of methoxy groups -OCH3 is 1. The highest BCUT2D eigenvalue weighted by Crippen LogP contribution is 2.33. The zero-order valence-electron chi connectivity index (χ0n) is 16.5. The van der Waals surface area contributed by atoms with Gasteiger partial charge in [0.15, 0.2) is 8.68 Å². The number of nitrogens with zero attached hydrogens (tertiary/aromatic N) is 4. The molecule has 2 aromatic heterocycles. The lowest BCUT2D eigenvalue weighted by molar-refractivity contribution is -0.137. The predicted octanol–water partition coefficient (Wildman–Crippen LogP) is 6.20. The van der Waals surface area contributed by atoms with Gasteiger partial charge in [-0.25, -0.2) is 0 Å². The summed E-state index contributed by atoms with van der Waals surface area (Å²) >= 11 is 4.47. The first-order chi connectivity index (χ1) is 15.4. The molecule has 0 fully saturated rings. The van der Waals surface area contributed by atoms with Crippen molar-refractivity contribution >= 4 is 34.9 Å². The molecule has 4 rings (SSSR count). The molecule has 2 heterocycles. The van der Waals surface area contributed by atoms with Crippen LogP contribution in [0.2, 0.25) is 0 Å². The monoisotopic (exact) mass is 496 g/mol. The maximum absolute atomic E-state index is 12.7. The summed E-state index contributed by atoms with van der Waals surface area (Å²) in [5.74, 6) is 2.56. The number of alkyl halides is 3. The number of hydrogen-bond acceptors (Lipinski definition) is 9. The van der Waals surface area contributed by atoms with Crippen LogP contribution < -0.4 is 4.74 Å². The quantitative estimate of drug-likeness (QED) is 0.267. The Morgan fingerprint density at radius 1 is 0.938 bits per heavy atom. The van der Waals surface area contributed by atoms with Gasteiger partial charge in [-0.2, -0.15) is 18.2 Å². The average molecular weight is 497 g/mol. The summed E-state index contributed by atoms with van der Waals surface area (Å²) in [5, 5.41) is 12.2. The molecule has 0 saturated heterocycles. The van der Waals surface area contributed by atoms with E-state index in [1.54, 1.807) is 18.9 Å². The largest absolute Gasteiger partial charge is 0.497 e. The minimum Gasteiger partial charge on any atom is -0.497 e. The number of halogens is 3. The van der Waals surface area contributed by atoms with Crippen LogP contribution >= 0.6 is 34.9 Å². The highest BCUT2D eigenvalue weighted by Gasteiger charge is 2.30. The molecule has 0 aliphatic rings. The molecule has 32 heavy (non-hydrogen) atoms. The zero-order chi connectivity index (χ0) is 22.6. The molecule has 0 spiro atoms. The first kappa shape index (κ1) is 22.6. The second-order valence-electron chi connectivity index (χ2n) is 6.35. The summed E-state index contributed by atoms with van der Waals surface area (Å²) in [6.07, 6.45) is -4.38. The van der Waals surface area contributed by atoms with Gasteiger partial charge in [-0.3, -0.25) is 0 Å². The molecule has 12 heteroatoms. The molecule has 2 aromatic carbocycles. The third-order valence-electron chi connectivity index (χ3n) is 4.17. The molecule has 0 unspecified atom stereocenters. The van der Waals surface area contributed by atoms with Crippen molar-refractivity contribution in [2.45, 2.75) is 26.4 Å². The van der Waals surface area contributed by atoms with Crippen LogP contribution in [-0.2, 0) is 17.7 Å². The molecule has 0 aliphatic heterocycles. The number of benzene rings is 2. The zero-order valence-corrected chi connectivity index (χ0v) is 18.9. The van der Waals surface area contributed by atoms with Crippen LogP contribution in [-0.4, -0.2) is 27.4 Å². The summed E-state index contributed by atoms with van der Waals surface area (Å²) < 4.78 is 50.0. The first-order valence-electron chi connectivity index (χ1n) is 9.13. The minimum absolute atomic E-state index is 0.238. The van der Waals surface area contributed by atoms with E-state index in [0.29, 0.717) is 17.2 Å². The third-order valence-corrected chi connectivity index (χ3v) is 7.41. The Bertz CT molecular complexity index is 1160. The van der Waals surface area contributed by atoms with Crippen molar-refractivity contribution in [1.29, 1.82) is 0 Å². The maximum Gasteiger partial charge on any atom is 0.416 e. The van der Waals surface area contributed by atoms with E-state index in [0.717, 1.165) is 37.9 Å². The minimum atomic E-state index is -4.38. The Morgan fingerprint density at radius 3 is 2.22 bits per heavy atom. The molecule has 0 aliphatic carbocycles. The summed E-state index contributed by atoms with van der Waals surface area (Å²) in [5.41, 5.74) is 0.880. The predicted molar refractivity (Wildman–Crippen MR) is 117 cm³/mol. The molecule has 0 N–H and O–H groups in total. The highest BCUT2D eigenvalue weighted by molar-refractivity contribution is 8.02. The van der Waals surface area contributed by atoms with E-state index in [9.17, 15) is 13.2 Å². The molecule has 0 radical (unpaired) electrons. The van der Waals surface area contributed by atoms with Gasteiger partial charge in [-0.1, -0.05) is 64.3 Å². The molecule has 166 valence electrons. The van der Waals surface area contributed by atoms with Gasteiger partial charge in [0.2, 0.25) is 11.7 Å². The second-order valence-corrected chi connectivity index (χ2v) is 9.77. The maximum atomic E-state index is 12.7. The van der Waals surface area contributed by atoms with Crippen LogP contribution in [0.3, 0.4) is 0 Å². The van der Waals surface area contributed by atoms with Crippen molar-refractivity contribution in [3.8, 4) is 17.1 Å². The van der Waals surface area contributed by atoms with E-state index in [1.807, 2.05) is 24.3 Å². The van der Waals surface area contributed by atoms with Crippen LogP contribution in [0.1, 0.15) is 17.0 Å². The molecule has 0 bridgehead atoms. The van der Waals surface area contributed by atoms with Crippen LogP contribution in [0.25, 0.3) is 11.4 Å². The van der Waals surface area contributed by atoms with Crippen molar-refractivity contribution in [3.05, 3.63) is 65.5 Å². The number of thioether (sulfide) groups is 2. The second kappa shape index (κ2) is 9.92. The molecular weight excluding hydrogens is 481 g/mol. The van der Waals surface area contributed by atoms with Gasteiger partial charge in [0.1, 0.15) is 5.75 Å². The van der Waals surface area contributed by atoms with Crippen molar-refractivity contribution < 1.29 is 22.4 Å². The van der Waals surface area contributed by atoms with Crippen LogP contribution in [0.15, 0.2) is 61.7 Å². The van der Waals surface area contributed by atoms with Gasteiger partial charge in [-0.15, -0.1) is 10.2 Å². The first-order valence-corrected chi connectivity index (χ1v) is 11.9. The van der Waals surface area contributed by atoms with Gasteiger partial charge in [0.05, 0.1) is 18.4 Å². The van der Waals surface area contributed by atoms with E-state index >= 15 is 0 Å². The average Bonchev–Trinajstić information content (AvgIpc) is 3.46. The summed E-state index contributed by atoms with van der Waals surface area (Å²) in [6, 6.07) is 12.5. The van der Waals surface area contributed by atoms with Gasteiger partial charge >= 0.3 is 6.18 Å². The van der Waals surface area contributed by atoms with Gasteiger partial charge in [0, 0.05) is 11.3 Å². The van der Waals surface area contributed by atoms with Gasteiger partial charge < -0.3 is 9.26 Å². The van der Waals surface area contributed by atoms with Crippen LogP contribution in [0, 0.1) is 0 Å². The van der Waals surface area contributed by atoms with Crippen molar-refractivity contribution in [1.82, 2.24) is 20.3 Å². The SMILES string of the molecule is COc1ccc(CSc2nnc(SCc3nc(-c4ccc(C(F)(F)F)cc4)no3)s2)cc1. The van der Waals surface area contributed by atoms with E-state index in [4.69, 9.17) is 9.26 Å². The Hall–Kier alpha value is -2.57. The van der Waals surface area contributed by atoms with E-state index in [1.165, 1.54) is 35.2 Å². The van der Waals surface area contributed by atoms with E-state index in [2.05, 4.69) is 20.3 Å². The van der Waals surface area contributed by atoms with Crippen molar-refractivity contribution in [2.75, 3.05) is 7.11 Å². The van der Waals surface area contributed by atoms with Crippen molar-refractivity contribution in [3.63, 3.8) is 0 Å². The van der Waals surface area contributed by atoms with Gasteiger partial charge in [-0.05, 0) is 29.8 Å². The topological polar surface area (TPSA) is 73.9 Å². The molecule has 4 aromatic rings. The number of ether oxygens (including phenoxy) is 1. The normalized spacial score (nSPS) is 11.6. The number of rotatable bonds is 8. The fourth-order valence-electron chi connectivity index (χ4n) is 2.54. The fraction of sp³-hybridized carbons (Fsp3) is 0.200. The Balaban J connectivity index is 1.30. The number of aromatic nitrogens is 4. The molecule has 0 amide bonds.